The van der Waals surface area contributed by atoms with Gasteiger partial charge in [-0.05, 0) is 24.3 Å². The average Bonchev–Trinajstić information content (AvgIpc) is 2.65. The molecule has 1 saturated heterocycles. The summed E-state index contributed by atoms with van der Waals surface area (Å²) in [5.74, 6) is 1.19. The molecule has 2 aliphatic rings. The maximum absolute atomic E-state index is 8.96. The van der Waals surface area contributed by atoms with Crippen LogP contribution in [0.15, 0.2) is 35.5 Å². The Bertz CT molecular complexity index is 415. The Hall–Kier alpha value is -1.35. The summed E-state index contributed by atoms with van der Waals surface area (Å²) >= 11 is 0. The van der Waals surface area contributed by atoms with E-state index in [0.29, 0.717) is 11.8 Å². The number of hydrogen-bond donors (Lipinski definition) is 1. The van der Waals surface area contributed by atoms with Crippen molar-refractivity contribution in [1.29, 1.82) is 0 Å². The number of benzene rings is 1. The van der Waals surface area contributed by atoms with Gasteiger partial charge in [-0.3, -0.25) is 4.90 Å². The average molecular weight is 230 g/mol. The van der Waals surface area contributed by atoms with Crippen molar-refractivity contribution in [2.24, 2.45) is 17.0 Å². The number of rotatable bonds is 2. The lowest BCUT2D eigenvalue weighted by Gasteiger charge is -2.31. The molecule has 90 valence electrons. The molecule has 3 nitrogen and oxygen atoms in total. The van der Waals surface area contributed by atoms with Gasteiger partial charge >= 0.3 is 0 Å². The van der Waals surface area contributed by atoms with E-state index in [1.165, 1.54) is 12.0 Å². The summed E-state index contributed by atoms with van der Waals surface area (Å²) in [7, 11) is 0. The zero-order valence-electron chi connectivity index (χ0n) is 9.92. The number of piperidine rings is 1. The highest BCUT2D eigenvalue weighted by molar-refractivity contribution is 5.89. The van der Waals surface area contributed by atoms with Crippen LogP contribution in [-0.4, -0.2) is 28.9 Å². The Kier molecular flexibility index (Phi) is 2.85. The fourth-order valence-electron chi connectivity index (χ4n) is 3.25. The maximum Gasteiger partial charge on any atom is 0.0617 e. The molecule has 0 unspecified atom stereocenters. The Labute approximate surface area is 102 Å². The molecule has 3 rings (SSSR count). The molecule has 1 heterocycles. The van der Waals surface area contributed by atoms with Crippen LogP contribution in [0.1, 0.15) is 18.4 Å². The van der Waals surface area contributed by atoms with E-state index in [2.05, 4.69) is 40.4 Å². The zero-order chi connectivity index (χ0) is 11.7. The van der Waals surface area contributed by atoms with Crippen LogP contribution < -0.4 is 0 Å². The standard InChI is InChI=1S/C14H18N2O/c17-15-14-7-12-6-13(14)10-16(9-12)8-11-4-2-1-3-5-11/h1-5,12-13,17H,6-10H2/b15-14+/t12-,13-/m1/s1. The first-order chi connectivity index (χ1) is 8.35. The van der Waals surface area contributed by atoms with Gasteiger partial charge in [-0.2, -0.15) is 0 Å². The van der Waals surface area contributed by atoms with Crippen LogP contribution in [0.2, 0.25) is 0 Å². The van der Waals surface area contributed by atoms with Crippen molar-refractivity contribution in [3.8, 4) is 0 Å². The van der Waals surface area contributed by atoms with Gasteiger partial charge in [0.2, 0.25) is 0 Å². The van der Waals surface area contributed by atoms with Crippen LogP contribution in [-0.2, 0) is 6.54 Å². The summed E-state index contributed by atoms with van der Waals surface area (Å²) < 4.78 is 0. The van der Waals surface area contributed by atoms with E-state index in [1.807, 2.05) is 0 Å². The van der Waals surface area contributed by atoms with Gasteiger partial charge < -0.3 is 5.21 Å². The van der Waals surface area contributed by atoms with E-state index in [-0.39, 0.29) is 0 Å². The molecular formula is C14H18N2O. The van der Waals surface area contributed by atoms with E-state index in [1.54, 1.807) is 0 Å². The molecule has 1 aromatic carbocycles. The van der Waals surface area contributed by atoms with Crippen molar-refractivity contribution in [3.05, 3.63) is 35.9 Å². The highest BCUT2D eigenvalue weighted by Gasteiger charge is 2.37. The lowest BCUT2D eigenvalue weighted by atomic mass is 9.98. The summed E-state index contributed by atoms with van der Waals surface area (Å²) in [5.41, 5.74) is 2.39. The van der Waals surface area contributed by atoms with Gasteiger partial charge in [0.05, 0.1) is 5.71 Å². The summed E-state index contributed by atoms with van der Waals surface area (Å²) in [6.07, 6.45) is 2.21. The van der Waals surface area contributed by atoms with Crippen LogP contribution in [0.25, 0.3) is 0 Å². The van der Waals surface area contributed by atoms with Crippen LogP contribution in [0.4, 0.5) is 0 Å². The Morgan fingerprint density at radius 3 is 2.82 bits per heavy atom. The van der Waals surface area contributed by atoms with Crippen molar-refractivity contribution in [3.63, 3.8) is 0 Å². The van der Waals surface area contributed by atoms with Crippen molar-refractivity contribution in [2.45, 2.75) is 19.4 Å². The molecule has 2 atom stereocenters. The quantitative estimate of drug-likeness (QED) is 0.625. The summed E-state index contributed by atoms with van der Waals surface area (Å²) in [6.45, 7) is 3.21. The first-order valence-electron chi connectivity index (χ1n) is 6.32. The monoisotopic (exact) mass is 230 g/mol. The van der Waals surface area contributed by atoms with E-state index in [9.17, 15) is 0 Å². The van der Waals surface area contributed by atoms with E-state index in [0.717, 1.165) is 31.8 Å². The molecule has 1 aliphatic carbocycles. The summed E-state index contributed by atoms with van der Waals surface area (Å²) in [6, 6.07) is 10.6. The molecule has 3 heteroatoms. The number of likely N-dealkylation sites (tertiary alicyclic amines) is 1. The second-order valence-electron chi connectivity index (χ2n) is 5.27. The maximum atomic E-state index is 8.96. The fraction of sp³-hybridized carbons (Fsp3) is 0.500. The summed E-state index contributed by atoms with van der Waals surface area (Å²) in [4.78, 5) is 2.49. The Morgan fingerprint density at radius 1 is 1.24 bits per heavy atom. The predicted octanol–water partition coefficient (Wildman–Crippen LogP) is 2.36. The highest BCUT2D eigenvalue weighted by atomic mass is 16.4. The van der Waals surface area contributed by atoms with E-state index in [4.69, 9.17) is 5.21 Å². The van der Waals surface area contributed by atoms with Crippen molar-refractivity contribution < 1.29 is 5.21 Å². The van der Waals surface area contributed by atoms with E-state index < -0.39 is 0 Å². The van der Waals surface area contributed by atoms with Gasteiger partial charge in [-0.25, -0.2) is 0 Å². The normalized spacial score (nSPS) is 30.9. The predicted molar refractivity (Wildman–Crippen MR) is 67.2 cm³/mol. The third-order valence-electron chi connectivity index (χ3n) is 3.96. The SMILES string of the molecule is O/N=C1\C[C@H]2C[C@@H]1CN(Cc1ccccc1)C2. The van der Waals surface area contributed by atoms with Crippen LogP contribution in [0.3, 0.4) is 0 Å². The van der Waals surface area contributed by atoms with Crippen LogP contribution in [0, 0.1) is 11.8 Å². The first kappa shape index (κ1) is 10.8. The van der Waals surface area contributed by atoms with Crippen LogP contribution >= 0.6 is 0 Å². The summed E-state index contributed by atoms with van der Waals surface area (Å²) in [5, 5.41) is 12.4. The Morgan fingerprint density at radius 2 is 2.06 bits per heavy atom. The number of fused-ring (bicyclic) bond motifs is 2. The smallest absolute Gasteiger partial charge is 0.0617 e. The van der Waals surface area contributed by atoms with Crippen molar-refractivity contribution >= 4 is 5.71 Å². The van der Waals surface area contributed by atoms with Gasteiger partial charge in [-0.15, -0.1) is 0 Å². The molecule has 1 aromatic rings. The minimum Gasteiger partial charge on any atom is -0.411 e. The molecule has 2 bridgehead atoms. The van der Waals surface area contributed by atoms with E-state index >= 15 is 0 Å². The minimum absolute atomic E-state index is 0.488. The number of nitrogens with zero attached hydrogens (tertiary/aromatic N) is 2. The highest BCUT2D eigenvalue weighted by Crippen LogP contribution is 2.35. The van der Waals surface area contributed by atoms with Gasteiger partial charge in [-0.1, -0.05) is 35.5 Å². The second kappa shape index (κ2) is 4.49. The third kappa shape index (κ3) is 2.20. The van der Waals surface area contributed by atoms with Gasteiger partial charge in [0, 0.05) is 25.6 Å². The molecule has 0 aromatic heterocycles. The molecule has 0 spiro atoms. The molecule has 0 radical (unpaired) electrons. The lowest BCUT2D eigenvalue weighted by molar-refractivity contribution is 0.167. The molecule has 0 amide bonds. The van der Waals surface area contributed by atoms with Gasteiger partial charge in [0.1, 0.15) is 0 Å². The first-order valence-corrected chi connectivity index (χ1v) is 6.32. The topological polar surface area (TPSA) is 35.8 Å². The molecule has 1 aliphatic heterocycles. The number of oxime groups is 1. The number of hydrogen-bond acceptors (Lipinski definition) is 3. The van der Waals surface area contributed by atoms with Crippen molar-refractivity contribution in [2.75, 3.05) is 13.1 Å². The molecule has 1 saturated carbocycles. The van der Waals surface area contributed by atoms with Gasteiger partial charge in [0.15, 0.2) is 0 Å². The Balaban J connectivity index is 1.68. The second-order valence-corrected chi connectivity index (χ2v) is 5.27. The lowest BCUT2D eigenvalue weighted by Crippen LogP contribution is -2.36. The largest absolute Gasteiger partial charge is 0.411 e. The fourth-order valence-corrected chi connectivity index (χ4v) is 3.25. The molecule has 2 fully saturated rings. The third-order valence-corrected chi connectivity index (χ3v) is 3.96. The van der Waals surface area contributed by atoms with Crippen molar-refractivity contribution in [1.82, 2.24) is 4.90 Å². The van der Waals surface area contributed by atoms with Crippen LogP contribution in [0.5, 0.6) is 0 Å². The zero-order valence-corrected chi connectivity index (χ0v) is 9.92. The molecule has 17 heavy (non-hydrogen) atoms. The molecular weight excluding hydrogens is 212 g/mol. The van der Waals surface area contributed by atoms with Gasteiger partial charge in [0.25, 0.3) is 0 Å². The minimum atomic E-state index is 0.488. The molecule has 1 N–H and O–H groups in total.